The van der Waals surface area contributed by atoms with E-state index in [1.807, 2.05) is 13.2 Å². The van der Waals surface area contributed by atoms with E-state index in [-0.39, 0.29) is 0 Å². The average molecular weight is 346 g/mol. The highest BCUT2D eigenvalue weighted by Gasteiger charge is 2.19. The van der Waals surface area contributed by atoms with Gasteiger partial charge in [0.25, 0.3) is 0 Å². The number of benzene rings is 1. The highest BCUT2D eigenvalue weighted by atomic mass is 79.9. The fourth-order valence-corrected chi connectivity index (χ4v) is 3.33. The molecule has 1 aliphatic heterocycles. The molecule has 0 spiro atoms. The van der Waals surface area contributed by atoms with Crippen molar-refractivity contribution in [2.24, 2.45) is 0 Å². The Labute approximate surface area is 134 Å². The molecule has 0 atom stereocenters. The molecule has 0 bridgehead atoms. The molecule has 0 aliphatic carbocycles. The summed E-state index contributed by atoms with van der Waals surface area (Å²) in [5.41, 5.74) is 3.96. The van der Waals surface area contributed by atoms with E-state index in [2.05, 4.69) is 56.5 Å². The second kappa shape index (κ2) is 6.58. The Hall–Kier alpha value is -1.39. The lowest BCUT2D eigenvalue weighted by Gasteiger charge is -2.26. The molecule has 0 saturated carbocycles. The van der Waals surface area contributed by atoms with Crippen LogP contribution in [0.25, 0.3) is 0 Å². The lowest BCUT2D eigenvalue weighted by atomic mass is 10.1. The standard InChI is InChI=1S/C17H20BrN3/c1-19-11-14-10-15(18)12-20-17(14)21-9-5-4-7-13-6-2-3-8-16(13)21/h2-3,6,8,10,12,19H,4-5,7,9,11H2,1H3. The molecule has 4 heteroatoms. The van der Waals surface area contributed by atoms with Gasteiger partial charge in [-0.05, 0) is 59.9 Å². The van der Waals surface area contributed by atoms with E-state index in [4.69, 9.17) is 4.98 Å². The summed E-state index contributed by atoms with van der Waals surface area (Å²) < 4.78 is 1.03. The zero-order chi connectivity index (χ0) is 14.7. The Morgan fingerprint density at radius 1 is 1.29 bits per heavy atom. The van der Waals surface area contributed by atoms with Crippen LogP contribution in [-0.2, 0) is 13.0 Å². The van der Waals surface area contributed by atoms with Crippen molar-refractivity contribution in [3.8, 4) is 0 Å². The minimum atomic E-state index is 0.820. The molecule has 1 aromatic heterocycles. The minimum absolute atomic E-state index is 0.820. The van der Waals surface area contributed by atoms with Crippen molar-refractivity contribution in [3.63, 3.8) is 0 Å². The first-order valence-corrected chi connectivity index (χ1v) is 8.23. The van der Waals surface area contributed by atoms with Gasteiger partial charge < -0.3 is 10.2 Å². The molecule has 21 heavy (non-hydrogen) atoms. The van der Waals surface area contributed by atoms with Gasteiger partial charge in [0.15, 0.2) is 0 Å². The van der Waals surface area contributed by atoms with Gasteiger partial charge in [0.2, 0.25) is 0 Å². The van der Waals surface area contributed by atoms with E-state index in [1.54, 1.807) is 0 Å². The first-order chi connectivity index (χ1) is 10.3. The van der Waals surface area contributed by atoms with Gasteiger partial charge in [-0.2, -0.15) is 0 Å². The van der Waals surface area contributed by atoms with Gasteiger partial charge in [0.05, 0.1) is 0 Å². The molecule has 2 aromatic rings. The fraction of sp³-hybridized carbons (Fsp3) is 0.353. The molecule has 2 heterocycles. The third-order valence-corrected chi connectivity index (χ3v) is 4.33. The SMILES string of the molecule is CNCc1cc(Br)cnc1N1CCCCc2ccccc21. The minimum Gasteiger partial charge on any atom is -0.326 e. The number of pyridine rings is 1. The van der Waals surface area contributed by atoms with Crippen molar-refractivity contribution < 1.29 is 0 Å². The zero-order valence-electron chi connectivity index (χ0n) is 12.3. The summed E-state index contributed by atoms with van der Waals surface area (Å²) in [6, 6.07) is 10.9. The van der Waals surface area contributed by atoms with Crippen molar-refractivity contribution in [3.05, 3.63) is 52.1 Å². The van der Waals surface area contributed by atoms with E-state index >= 15 is 0 Å². The first kappa shape index (κ1) is 14.5. The number of nitrogens with zero attached hydrogens (tertiary/aromatic N) is 2. The summed E-state index contributed by atoms with van der Waals surface area (Å²) in [6.45, 7) is 1.85. The maximum absolute atomic E-state index is 4.70. The zero-order valence-corrected chi connectivity index (χ0v) is 13.9. The van der Waals surface area contributed by atoms with Crippen molar-refractivity contribution in [1.82, 2.24) is 10.3 Å². The van der Waals surface area contributed by atoms with Gasteiger partial charge in [-0.25, -0.2) is 4.98 Å². The molecular weight excluding hydrogens is 326 g/mol. The summed E-state index contributed by atoms with van der Waals surface area (Å²) >= 11 is 3.53. The van der Waals surface area contributed by atoms with Crippen LogP contribution in [0.4, 0.5) is 11.5 Å². The second-order valence-electron chi connectivity index (χ2n) is 5.40. The van der Waals surface area contributed by atoms with Crippen LogP contribution in [0.3, 0.4) is 0 Å². The molecular formula is C17H20BrN3. The number of hydrogen-bond donors (Lipinski definition) is 1. The molecule has 0 unspecified atom stereocenters. The molecule has 0 saturated heterocycles. The van der Waals surface area contributed by atoms with Gasteiger partial charge in [0, 0.05) is 35.0 Å². The number of halogens is 1. The molecule has 0 radical (unpaired) electrons. The van der Waals surface area contributed by atoms with Crippen molar-refractivity contribution in [2.45, 2.75) is 25.8 Å². The Kier molecular flexibility index (Phi) is 4.56. The normalized spacial score (nSPS) is 14.7. The number of aryl methyl sites for hydroxylation is 1. The second-order valence-corrected chi connectivity index (χ2v) is 6.32. The van der Waals surface area contributed by atoms with E-state index in [9.17, 15) is 0 Å². The third kappa shape index (κ3) is 3.11. The fourth-order valence-electron chi connectivity index (χ4n) is 2.95. The number of fused-ring (bicyclic) bond motifs is 1. The summed E-state index contributed by atoms with van der Waals surface area (Å²) in [7, 11) is 1.97. The van der Waals surface area contributed by atoms with Gasteiger partial charge >= 0.3 is 0 Å². The summed E-state index contributed by atoms with van der Waals surface area (Å²) in [6.07, 6.45) is 5.49. The quantitative estimate of drug-likeness (QED) is 0.909. The first-order valence-electron chi connectivity index (χ1n) is 7.44. The Bertz CT molecular complexity index is 627. The number of aromatic nitrogens is 1. The van der Waals surface area contributed by atoms with Crippen LogP contribution < -0.4 is 10.2 Å². The molecule has 0 amide bonds. The number of rotatable bonds is 3. The smallest absolute Gasteiger partial charge is 0.137 e. The molecule has 3 nitrogen and oxygen atoms in total. The highest BCUT2D eigenvalue weighted by molar-refractivity contribution is 9.10. The maximum Gasteiger partial charge on any atom is 0.137 e. The Morgan fingerprint density at radius 2 is 2.14 bits per heavy atom. The van der Waals surface area contributed by atoms with E-state index in [0.29, 0.717) is 0 Å². The van der Waals surface area contributed by atoms with Gasteiger partial charge in [-0.15, -0.1) is 0 Å². The number of para-hydroxylation sites is 1. The monoisotopic (exact) mass is 345 g/mol. The summed E-state index contributed by atoms with van der Waals surface area (Å²) in [5, 5.41) is 3.24. The van der Waals surface area contributed by atoms with Gasteiger partial charge in [-0.3, -0.25) is 0 Å². The van der Waals surface area contributed by atoms with Crippen LogP contribution in [0.5, 0.6) is 0 Å². The predicted octanol–water partition coefficient (Wildman–Crippen LogP) is 4.04. The highest BCUT2D eigenvalue weighted by Crippen LogP contribution is 2.33. The van der Waals surface area contributed by atoms with Crippen LogP contribution >= 0.6 is 15.9 Å². The Morgan fingerprint density at radius 3 is 3.00 bits per heavy atom. The molecule has 3 rings (SSSR count). The van der Waals surface area contributed by atoms with Crippen LogP contribution in [0, 0.1) is 0 Å². The molecule has 1 N–H and O–H groups in total. The Balaban J connectivity index is 2.07. The summed E-state index contributed by atoms with van der Waals surface area (Å²) in [5.74, 6) is 1.07. The molecule has 110 valence electrons. The summed E-state index contributed by atoms with van der Waals surface area (Å²) in [4.78, 5) is 7.08. The predicted molar refractivity (Wildman–Crippen MR) is 91.1 cm³/mol. The number of nitrogens with one attached hydrogen (secondary N) is 1. The van der Waals surface area contributed by atoms with Crippen LogP contribution in [-0.4, -0.2) is 18.6 Å². The van der Waals surface area contributed by atoms with E-state index in [1.165, 1.54) is 29.7 Å². The van der Waals surface area contributed by atoms with E-state index in [0.717, 1.165) is 29.8 Å². The van der Waals surface area contributed by atoms with E-state index < -0.39 is 0 Å². The van der Waals surface area contributed by atoms with Gasteiger partial charge in [0.1, 0.15) is 5.82 Å². The van der Waals surface area contributed by atoms with Crippen LogP contribution in [0.2, 0.25) is 0 Å². The van der Waals surface area contributed by atoms with Crippen molar-refractivity contribution >= 4 is 27.4 Å². The largest absolute Gasteiger partial charge is 0.326 e. The number of anilines is 2. The van der Waals surface area contributed by atoms with Crippen molar-refractivity contribution in [2.75, 3.05) is 18.5 Å². The lowest BCUT2D eigenvalue weighted by Crippen LogP contribution is -2.22. The topological polar surface area (TPSA) is 28.2 Å². The van der Waals surface area contributed by atoms with Crippen molar-refractivity contribution in [1.29, 1.82) is 0 Å². The molecule has 0 fully saturated rings. The molecule has 1 aliphatic rings. The van der Waals surface area contributed by atoms with Crippen LogP contribution in [0.15, 0.2) is 41.0 Å². The molecule has 1 aromatic carbocycles. The number of hydrogen-bond acceptors (Lipinski definition) is 3. The maximum atomic E-state index is 4.70. The van der Waals surface area contributed by atoms with Gasteiger partial charge in [-0.1, -0.05) is 18.2 Å². The third-order valence-electron chi connectivity index (χ3n) is 3.89. The van der Waals surface area contributed by atoms with Crippen LogP contribution in [0.1, 0.15) is 24.0 Å². The average Bonchev–Trinajstić information content (AvgIpc) is 2.70. The lowest BCUT2D eigenvalue weighted by molar-refractivity contribution is 0.750.